The van der Waals surface area contributed by atoms with E-state index in [0.29, 0.717) is 18.5 Å². The zero-order chi connectivity index (χ0) is 14.0. The summed E-state index contributed by atoms with van der Waals surface area (Å²) in [6.45, 7) is 0.462. The van der Waals surface area contributed by atoms with Crippen LogP contribution < -0.4 is 0 Å². The number of likely N-dealkylation sites (tertiary alicyclic amines) is 1. The second-order valence-electron chi connectivity index (χ2n) is 4.43. The van der Waals surface area contributed by atoms with Crippen molar-refractivity contribution in [3.05, 3.63) is 35.1 Å². The van der Waals surface area contributed by atoms with Crippen molar-refractivity contribution in [1.82, 2.24) is 4.90 Å². The van der Waals surface area contributed by atoms with Crippen LogP contribution in [0.15, 0.2) is 18.2 Å². The quantitative estimate of drug-likeness (QED) is 0.684. The molecule has 2 rings (SSSR count). The molecule has 1 aliphatic rings. The number of Topliss-reactive ketones (excluding diaryl/α,β-unsaturated/α-hetero) is 1. The minimum atomic E-state index is -0.997. The van der Waals surface area contributed by atoms with Gasteiger partial charge in [0.1, 0.15) is 5.82 Å². The lowest BCUT2D eigenvalue weighted by Crippen LogP contribution is -2.28. The molecule has 102 valence electrons. The molecule has 1 aromatic carbocycles. The molecule has 1 aromatic rings. The summed E-state index contributed by atoms with van der Waals surface area (Å²) >= 11 is 3.00. The number of alkyl halides is 1. The summed E-state index contributed by atoms with van der Waals surface area (Å²) in [5, 5.41) is 9.13. The maximum atomic E-state index is 13.9. The predicted octanol–water partition coefficient (Wildman–Crippen LogP) is 3.22. The summed E-state index contributed by atoms with van der Waals surface area (Å²) in [6, 6.07) is 4.00. The number of hydrogen-bond acceptors (Lipinski definition) is 2. The number of hydrogen-bond donors (Lipinski definition) is 1. The Labute approximate surface area is 118 Å². The maximum absolute atomic E-state index is 13.9. The Balaban J connectivity index is 2.29. The molecule has 19 heavy (non-hydrogen) atoms. The van der Waals surface area contributed by atoms with Crippen molar-refractivity contribution in [3.63, 3.8) is 0 Å². The second kappa shape index (κ2) is 5.69. The number of rotatable bonds is 3. The van der Waals surface area contributed by atoms with Crippen molar-refractivity contribution in [1.29, 1.82) is 0 Å². The van der Waals surface area contributed by atoms with E-state index in [0.717, 1.165) is 6.42 Å². The molecule has 0 aliphatic carbocycles. The molecule has 4 nitrogen and oxygen atoms in total. The van der Waals surface area contributed by atoms with Crippen LogP contribution in [0.25, 0.3) is 0 Å². The Morgan fingerprint density at radius 2 is 2.21 bits per heavy atom. The first-order chi connectivity index (χ1) is 9.04. The van der Waals surface area contributed by atoms with Crippen LogP contribution in [0.4, 0.5) is 9.18 Å². The number of ketones is 1. The van der Waals surface area contributed by atoms with Gasteiger partial charge in [0, 0.05) is 6.54 Å². The van der Waals surface area contributed by atoms with Crippen LogP contribution in [-0.2, 0) is 0 Å². The van der Waals surface area contributed by atoms with Crippen molar-refractivity contribution in [2.24, 2.45) is 0 Å². The molecule has 0 unspecified atom stereocenters. The van der Waals surface area contributed by atoms with Gasteiger partial charge in [0.25, 0.3) is 0 Å². The average molecular weight is 330 g/mol. The summed E-state index contributed by atoms with van der Waals surface area (Å²) in [5.74, 6) is -0.926. The van der Waals surface area contributed by atoms with Gasteiger partial charge in [-0.2, -0.15) is 0 Å². The molecule has 1 fully saturated rings. The minimum Gasteiger partial charge on any atom is -0.465 e. The third kappa shape index (κ3) is 2.78. The summed E-state index contributed by atoms with van der Waals surface area (Å²) in [7, 11) is 0. The minimum absolute atomic E-state index is 0.0282. The lowest BCUT2D eigenvalue weighted by Gasteiger charge is -2.22. The van der Waals surface area contributed by atoms with E-state index in [2.05, 4.69) is 15.9 Å². The van der Waals surface area contributed by atoms with Gasteiger partial charge in [0.15, 0.2) is 5.78 Å². The van der Waals surface area contributed by atoms with Gasteiger partial charge in [-0.15, -0.1) is 0 Å². The third-order valence-electron chi connectivity index (χ3n) is 3.30. The lowest BCUT2D eigenvalue weighted by atomic mass is 10.0. The van der Waals surface area contributed by atoms with Crippen LogP contribution in [0.3, 0.4) is 0 Å². The standard InChI is InChI=1S/C13H13BrFNO3/c14-7-12(17)9-4-3-8(6-10(9)15)11-2-1-5-16(11)13(18)19/h3-4,6,11H,1-2,5,7H2,(H,18,19)/t11-/m0/s1. The van der Waals surface area contributed by atoms with Gasteiger partial charge in [-0.3, -0.25) is 4.79 Å². The van der Waals surface area contributed by atoms with E-state index < -0.39 is 11.9 Å². The van der Waals surface area contributed by atoms with Crippen molar-refractivity contribution < 1.29 is 19.1 Å². The first-order valence-corrected chi connectivity index (χ1v) is 7.05. The average Bonchev–Trinajstić information content (AvgIpc) is 2.87. The Kier molecular flexibility index (Phi) is 4.19. The van der Waals surface area contributed by atoms with Gasteiger partial charge in [0.05, 0.1) is 16.9 Å². The topological polar surface area (TPSA) is 57.6 Å². The zero-order valence-corrected chi connectivity index (χ0v) is 11.7. The Morgan fingerprint density at radius 1 is 1.47 bits per heavy atom. The van der Waals surface area contributed by atoms with E-state index in [1.807, 2.05) is 0 Å². The highest BCUT2D eigenvalue weighted by atomic mass is 79.9. The zero-order valence-electron chi connectivity index (χ0n) is 10.1. The molecular formula is C13H13BrFNO3. The number of carbonyl (C=O) groups is 2. The molecule has 1 aliphatic heterocycles. The fourth-order valence-corrected chi connectivity index (χ4v) is 2.68. The number of halogens is 2. The lowest BCUT2D eigenvalue weighted by molar-refractivity contribution is 0.101. The number of benzene rings is 1. The first-order valence-electron chi connectivity index (χ1n) is 5.92. The van der Waals surface area contributed by atoms with Crippen molar-refractivity contribution in [2.45, 2.75) is 18.9 Å². The molecule has 0 spiro atoms. The van der Waals surface area contributed by atoms with Gasteiger partial charge in [-0.25, -0.2) is 9.18 Å². The number of carbonyl (C=O) groups excluding carboxylic acids is 1. The fourth-order valence-electron chi connectivity index (χ4n) is 2.38. The molecule has 1 saturated heterocycles. The smallest absolute Gasteiger partial charge is 0.407 e. The summed E-state index contributed by atoms with van der Waals surface area (Å²) in [5.41, 5.74) is 0.629. The Morgan fingerprint density at radius 3 is 2.79 bits per heavy atom. The van der Waals surface area contributed by atoms with Crippen molar-refractivity contribution in [3.8, 4) is 0 Å². The third-order valence-corrected chi connectivity index (χ3v) is 3.81. The predicted molar refractivity (Wildman–Crippen MR) is 71.2 cm³/mol. The fraction of sp³-hybridized carbons (Fsp3) is 0.385. The maximum Gasteiger partial charge on any atom is 0.407 e. The largest absolute Gasteiger partial charge is 0.465 e. The van der Waals surface area contributed by atoms with Crippen LogP contribution in [0.5, 0.6) is 0 Å². The van der Waals surface area contributed by atoms with Gasteiger partial charge >= 0.3 is 6.09 Å². The van der Waals surface area contributed by atoms with Crippen LogP contribution in [-0.4, -0.2) is 33.8 Å². The SMILES string of the molecule is O=C(CBr)c1ccc([C@@H]2CCCN2C(=O)O)cc1F. The normalized spacial score (nSPS) is 18.6. The Bertz CT molecular complexity index is 521. The summed E-state index contributed by atoms with van der Waals surface area (Å²) in [4.78, 5) is 23.8. The summed E-state index contributed by atoms with van der Waals surface area (Å²) in [6.07, 6.45) is 0.446. The monoisotopic (exact) mass is 329 g/mol. The molecule has 0 bridgehead atoms. The van der Waals surface area contributed by atoms with E-state index in [1.165, 1.54) is 17.0 Å². The van der Waals surface area contributed by atoms with Gasteiger partial charge < -0.3 is 10.0 Å². The number of carboxylic acid groups (broad SMARTS) is 1. The molecule has 1 heterocycles. The number of nitrogens with zero attached hydrogens (tertiary/aromatic N) is 1. The highest BCUT2D eigenvalue weighted by Gasteiger charge is 2.30. The van der Waals surface area contributed by atoms with E-state index >= 15 is 0 Å². The molecular weight excluding hydrogens is 317 g/mol. The summed E-state index contributed by atoms with van der Waals surface area (Å²) < 4.78 is 13.9. The molecule has 1 atom stereocenters. The number of amides is 1. The van der Waals surface area contributed by atoms with Crippen molar-refractivity contribution in [2.75, 3.05) is 11.9 Å². The van der Waals surface area contributed by atoms with Crippen LogP contribution in [0.2, 0.25) is 0 Å². The second-order valence-corrected chi connectivity index (χ2v) is 4.99. The van der Waals surface area contributed by atoms with E-state index in [1.54, 1.807) is 6.07 Å². The Hall–Kier alpha value is -1.43. The van der Waals surface area contributed by atoms with Crippen LogP contribution in [0.1, 0.15) is 34.8 Å². The molecule has 6 heteroatoms. The molecule has 0 saturated carbocycles. The molecule has 0 radical (unpaired) electrons. The molecule has 1 N–H and O–H groups in total. The highest BCUT2D eigenvalue weighted by molar-refractivity contribution is 9.09. The van der Waals surface area contributed by atoms with E-state index in [-0.39, 0.29) is 22.7 Å². The van der Waals surface area contributed by atoms with Gasteiger partial charge in [-0.05, 0) is 30.5 Å². The van der Waals surface area contributed by atoms with Gasteiger partial charge in [-0.1, -0.05) is 22.0 Å². The van der Waals surface area contributed by atoms with Crippen molar-refractivity contribution >= 4 is 27.8 Å². The first kappa shape index (κ1) is 14.0. The van der Waals surface area contributed by atoms with Gasteiger partial charge in [0.2, 0.25) is 0 Å². The van der Waals surface area contributed by atoms with Crippen LogP contribution in [0, 0.1) is 5.82 Å². The van der Waals surface area contributed by atoms with E-state index in [4.69, 9.17) is 5.11 Å². The molecule has 0 aromatic heterocycles. The molecule has 1 amide bonds. The van der Waals surface area contributed by atoms with Crippen LogP contribution >= 0.6 is 15.9 Å². The van der Waals surface area contributed by atoms with E-state index in [9.17, 15) is 14.0 Å². The highest BCUT2D eigenvalue weighted by Crippen LogP contribution is 2.32.